The van der Waals surface area contributed by atoms with Crippen LogP contribution >= 0.6 is 0 Å². The van der Waals surface area contributed by atoms with Crippen LogP contribution in [0.25, 0.3) is 0 Å². The first-order valence-electron chi connectivity index (χ1n) is 7.48. The number of anilines is 1. The summed E-state index contributed by atoms with van der Waals surface area (Å²) in [6.45, 7) is 5.67. The SMILES string of the molecule is CC(C)c1noc(NCC2CCOC2c2ccccc2)n1. The number of hydrogen-bond donors (Lipinski definition) is 1. The minimum absolute atomic E-state index is 0.145. The van der Waals surface area contributed by atoms with E-state index in [1.54, 1.807) is 0 Å². The van der Waals surface area contributed by atoms with Gasteiger partial charge in [-0.05, 0) is 12.0 Å². The Balaban J connectivity index is 1.61. The molecule has 1 aromatic heterocycles. The molecule has 2 atom stereocenters. The van der Waals surface area contributed by atoms with E-state index < -0.39 is 0 Å². The number of nitrogens with one attached hydrogen (secondary N) is 1. The summed E-state index contributed by atoms with van der Waals surface area (Å²) in [4.78, 5) is 4.34. The third-order valence-corrected chi connectivity index (χ3v) is 3.82. The van der Waals surface area contributed by atoms with Gasteiger partial charge in [0.25, 0.3) is 0 Å². The van der Waals surface area contributed by atoms with Crippen LogP contribution in [0.5, 0.6) is 0 Å². The monoisotopic (exact) mass is 287 g/mol. The van der Waals surface area contributed by atoms with Crippen molar-refractivity contribution in [3.63, 3.8) is 0 Å². The van der Waals surface area contributed by atoms with Gasteiger partial charge in [-0.3, -0.25) is 0 Å². The molecule has 3 rings (SSSR count). The van der Waals surface area contributed by atoms with E-state index in [4.69, 9.17) is 9.26 Å². The predicted molar refractivity (Wildman–Crippen MR) is 80.1 cm³/mol. The second-order valence-electron chi connectivity index (χ2n) is 5.74. The normalized spacial score (nSPS) is 21.9. The molecule has 1 saturated heterocycles. The molecule has 0 aliphatic carbocycles. The van der Waals surface area contributed by atoms with E-state index in [-0.39, 0.29) is 12.0 Å². The number of nitrogens with zero attached hydrogens (tertiary/aromatic N) is 2. The van der Waals surface area contributed by atoms with E-state index in [2.05, 4.69) is 39.7 Å². The van der Waals surface area contributed by atoms with Crippen molar-refractivity contribution in [2.24, 2.45) is 5.92 Å². The van der Waals surface area contributed by atoms with E-state index in [1.165, 1.54) is 5.56 Å². The third kappa shape index (κ3) is 3.24. The van der Waals surface area contributed by atoms with Gasteiger partial charge < -0.3 is 14.6 Å². The largest absolute Gasteiger partial charge is 0.373 e. The lowest BCUT2D eigenvalue weighted by molar-refractivity contribution is 0.0932. The van der Waals surface area contributed by atoms with Gasteiger partial charge in [0.1, 0.15) is 0 Å². The molecule has 1 aliphatic rings. The second kappa shape index (κ2) is 6.26. The van der Waals surface area contributed by atoms with Crippen LogP contribution in [-0.2, 0) is 4.74 Å². The summed E-state index contributed by atoms with van der Waals surface area (Å²) in [7, 11) is 0. The minimum Gasteiger partial charge on any atom is -0.373 e. The highest BCUT2D eigenvalue weighted by atomic mass is 16.5. The molecule has 0 saturated carbocycles. The lowest BCUT2D eigenvalue weighted by atomic mass is 9.95. The average molecular weight is 287 g/mol. The third-order valence-electron chi connectivity index (χ3n) is 3.82. The Morgan fingerprint density at radius 3 is 2.81 bits per heavy atom. The maximum Gasteiger partial charge on any atom is 0.321 e. The van der Waals surface area contributed by atoms with Gasteiger partial charge in [0, 0.05) is 25.0 Å². The smallest absolute Gasteiger partial charge is 0.321 e. The van der Waals surface area contributed by atoms with E-state index in [0.29, 0.717) is 11.9 Å². The fraction of sp³-hybridized carbons (Fsp3) is 0.500. The molecule has 2 aromatic rings. The Hall–Kier alpha value is -1.88. The summed E-state index contributed by atoms with van der Waals surface area (Å²) in [6, 6.07) is 10.9. The van der Waals surface area contributed by atoms with Crippen LogP contribution in [0, 0.1) is 5.92 Å². The van der Waals surface area contributed by atoms with Gasteiger partial charge in [0.05, 0.1) is 6.10 Å². The fourth-order valence-corrected chi connectivity index (χ4v) is 2.61. The highest BCUT2D eigenvalue weighted by molar-refractivity contribution is 5.22. The van der Waals surface area contributed by atoms with Crippen LogP contribution in [0.2, 0.25) is 0 Å². The maximum absolute atomic E-state index is 5.88. The van der Waals surface area contributed by atoms with Crippen LogP contribution in [0.15, 0.2) is 34.9 Å². The van der Waals surface area contributed by atoms with Gasteiger partial charge in [0.2, 0.25) is 0 Å². The Kier molecular flexibility index (Phi) is 4.20. The van der Waals surface area contributed by atoms with Crippen molar-refractivity contribution >= 4 is 6.01 Å². The van der Waals surface area contributed by atoms with E-state index in [9.17, 15) is 0 Å². The molecule has 0 spiro atoms. The summed E-state index contributed by atoms with van der Waals surface area (Å²) in [5.41, 5.74) is 1.23. The minimum atomic E-state index is 0.145. The standard InChI is InChI=1S/C16H21N3O2/c1-11(2)15-18-16(21-19-15)17-10-13-8-9-20-14(13)12-6-4-3-5-7-12/h3-7,11,13-14H,8-10H2,1-2H3,(H,17,18,19). The molecule has 1 fully saturated rings. The molecule has 0 amide bonds. The lowest BCUT2D eigenvalue weighted by Crippen LogP contribution is -2.18. The first kappa shape index (κ1) is 14.1. The van der Waals surface area contributed by atoms with Crippen LogP contribution in [0.1, 0.15) is 43.7 Å². The molecule has 5 nitrogen and oxygen atoms in total. The highest BCUT2D eigenvalue weighted by Crippen LogP contribution is 2.34. The molecule has 0 radical (unpaired) electrons. The summed E-state index contributed by atoms with van der Waals surface area (Å²) >= 11 is 0. The van der Waals surface area contributed by atoms with Gasteiger partial charge in [-0.2, -0.15) is 4.98 Å². The molecule has 1 aliphatic heterocycles. The zero-order valence-corrected chi connectivity index (χ0v) is 12.5. The van der Waals surface area contributed by atoms with Crippen molar-refractivity contribution in [3.05, 3.63) is 41.7 Å². The number of benzene rings is 1. The number of hydrogen-bond acceptors (Lipinski definition) is 5. The van der Waals surface area contributed by atoms with Crippen molar-refractivity contribution < 1.29 is 9.26 Å². The molecular formula is C16H21N3O2. The predicted octanol–water partition coefficient (Wildman–Crippen LogP) is 3.38. The van der Waals surface area contributed by atoms with Crippen molar-refractivity contribution in [3.8, 4) is 0 Å². The van der Waals surface area contributed by atoms with Crippen molar-refractivity contribution in [1.29, 1.82) is 0 Å². The van der Waals surface area contributed by atoms with E-state index in [0.717, 1.165) is 25.4 Å². The number of aromatic nitrogens is 2. The van der Waals surface area contributed by atoms with Crippen LogP contribution in [0.4, 0.5) is 6.01 Å². The lowest BCUT2D eigenvalue weighted by Gasteiger charge is -2.18. The van der Waals surface area contributed by atoms with Gasteiger partial charge in [-0.1, -0.05) is 49.3 Å². The van der Waals surface area contributed by atoms with Crippen molar-refractivity contribution in [1.82, 2.24) is 10.1 Å². The van der Waals surface area contributed by atoms with Gasteiger partial charge in [-0.25, -0.2) is 0 Å². The Bertz CT molecular complexity index is 568. The fourth-order valence-electron chi connectivity index (χ4n) is 2.61. The molecule has 1 N–H and O–H groups in total. The van der Waals surface area contributed by atoms with Crippen molar-refractivity contribution in [2.75, 3.05) is 18.5 Å². The van der Waals surface area contributed by atoms with Crippen molar-refractivity contribution in [2.45, 2.75) is 32.3 Å². The van der Waals surface area contributed by atoms with Gasteiger partial charge >= 0.3 is 6.01 Å². The summed E-state index contributed by atoms with van der Waals surface area (Å²) in [6.07, 6.45) is 1.18. The molecular weight excluding hydrogens is 266 g/mol. The molecule has 1 aromatic carbocycles. The summed E-state index contributed by atoms with van der Waals surface area (Å²) < 4.78 is 11.1. The molecule has 21 heavy (non-hydrogen) atoms. The number of ether oxygens (including phenoxy) is 1. The van der Waals surface area contributed by atoms with Crippen LogP contribution in [-0.4, -0.2) is 23.3 Å². The van der Waals surface area contributed by atoms with Crippen LogP contribution in [0.3, 0.4) is 0 Å². The van der Waals surface area contributed by atoms with E-state index >= 15 is 0 Å². The molecule has 2 heterocycles. The Morgan fingerprint density at radius 2 is 2.10 bits per heavy atom. The molecule has 0 bridgehead atoms. The van der Waals surface area contributed by atoms with Gasteiger partial charge in [-0.15, -0.1) is 0 Å². The zero-order valence-electron chi connectivity index (χ0n) is 12.5. The average Bonchev–Trinajstić information content (AvgIpc) is 3.15. The Morgan fingerprint density at radius 1 is 1.29 bits per heavy atom. The number of rotatable bonds is 5. The first-order chi connectivity index (χ1) is 10.2. The summed E-state index contributed by atoms with van der Waals surface area (Å²) in [5, 5.41) is 7.20. The molecule has 2 unspecified atom stereocenters. The van der Waals surface area contributed by atoms with Crippen LogP contribution < -0.4 is 5.32 Å². The summed E-state index contributed by atoms with van der Waals surface area (Å²) in [5.74, 6) is 1.43. The molecule has 112 valence electrons. The van der Waals surface area contributed by atoms with E-state index in [1.807, 2.05) is 19.9 Å². The maximum atomic E-state index is 5.88. The zero-order chi connectivity index (χ0) is 14.7. The first-order valence-corrected chi connectivity index (χ1v) is 7.48. The molecule has 5 heteroatoms. The topological polar surface area (TPSA) is 60.2 Å². The highest BCUT2D eigenvalue weighted by Gasteiger charge is 2.29. The quantitative estimate of drug-likeness (QED) is 0.913. The van der Waals surface area contributed by atoms with Gasteiger partial charge in [0.15, 0.2) is 5.82 Å². The Labute approximate surface area is 124 Å². The second-order valence-corrected chi connectivity index (χ2v) is 5.74.